The van der Waals surface area contributed by atoms with Crippen molar-refractivity contribution >= 4 is 26.7 Å². The third-order valence-corrected chi connectivity index (χ3v) is 4.02. The second-order valence-corrected chi connectivity index (χ2v) is 5.35. The molecular weight excluding hydrogens is 302 g/mol. The van der Waals surface area contributed by atoms with Crippen LogP contribution < -0.4 is 10.1 Å². The van der Waals surface area contributed by atoms with E-state index in [2.05, 4.69) is 59.4 Å². The lowest BCUT2D eigenvalue weighted by molar-refractivity contribution is 0.193. The molecule has 0 aliphatic rings. The molecule has 2 aromatic rings. The minimum absolute atomic E-state index is 0.206. The zero-order chi connectivity index (χ0) is 13.7. The van der Waals surface area contributed by atoms with Crippen LogP contribution in [0.15, 0.2) is 40.9 Å². The average molecular weight is 322 g/mol. The molecule has 0 saturated carbocycles. The van der Waals surface area contributed by atoms with Crippen LogP contribution in [-0.2, 0) is 0 Å². The zero-order valence-electron chi connectivity index (χ0n) is 11.4. The minimum Gasteiger partial charge on any atom is -0.488 e. The van der Waals surface area contributed by atoms with E-state index in [0.717, 1.165) is 29.7 Å². The fourth-order valence-corrected chi connectivity index (χ4v) is 2.65. The Bertz CT molecular complexity index is 541. The highest BCUT2D eigenvalue weighted by atomic mass is 79.9. The molecule has 2 rings (SSSR count). The van der Waals surface area contributed by atoms with E-state index < -0.39 is 0 Å². The molecule has 0 fully saturated rings. The summed E-state index contributed by atoms with van der Waals surface area (Å²) in [6.45, 7) is 6.11. The van der Waals surface area contributed by atoms with Crippen molar-refractivity contribution in [2.75, 3.05) is 13.1 Å². The van der Waals surface area contributed by atoms with Gasteiger partial charge in [0.2, 0.25) is 0 Å². The van der Waals surface area contributed by atoms with Gasteiger partial charge in [0.15, 0.2) is 0 Å². The third-order valence-electron chi connectivity index (χ3n) is 3.20. The standard InChI is InChI=1S/C16H20BrNO/c1-3-13(11-18-4-2)19-15-10-9-12-7-5-6-8-14(12)16(15)17/h5-10,13,18H,3-4,11H2,1-2H3. The van der Waals surface area contributed by atoms with Crippen molar-refractivity contribution in [1.82, 2.24) is 5.32 Å². The summed E-state index contributed by atoms with van der Waals surface area (Å²) in [4.78, 5) is 0. The molecule has 1 N–H and O–H groups in total. The smallest absolute Gasteiger partial charge is 0.134 e. The van der Waals surface area contributed by atoms with Crippen molar-refractivity contribution in [3.8, 4) is 5.75 Å². The van der Waals surface area contributed by atoms with Crippen LogP contribution in [0.1, 0.15) is 20.3 Å². The normalized spacial score (nSPS) is 12.6. The topological polar surface area (TPSA) is 21.3 Å². The van der Waals surface area contributed by atoms with E-state index in [4.69, 9.17) is 4.74 Å². The number of halogens is 1. The Kier molecular flexibility index (Phi) is 5.23. The van der Waals surface area contributed by atoms with Gasteiger partial charge in [-0.3, -0.25) is 0 Å². The van der Waals surface area contributed by atoms with Crippen molar-refractivity contribution < 1.29 is 4.74 Å². The Hall–Kier alpha value is -1.06. The summed E-state index contributed by atoms with van der Waals surface area (Å²) >= 11 is 3.66. The van der Waals surface area contributed by atoms with Crippen LogP contribution in [0.25, 0.3) is 10.8 Å². The molecule has 102 valence electrons. The Morgan fingerprint density at radius 1 is 1.16 bits per heavy atom. The highest BCUT2D eigenvalue weighted by Gasteiger charge is 2.11. The fourth-order valence-electron chi connectivity index (χ4n) is 2.06. The average Bonchev–Trinajstić information content (AvgIpc) is 2.46. The van der Waals surface area contributed by atoms with Crippen LogP contribution >= 0.6 is 15.9 Å². The van der Waals surface area contributed by atoms with Crippen molar-refractivity contribution in [2.24, 2.45) is 0 Å². The van der Waals surface area contributed by atoms with Gasteiger partial charge in [0.1, 0.15) is 11.9 Å². The Morgan fingerprint density at radius 3 is 2.68 bits per heavy atom. The molecule has 0 heterocycles. The molecule has 0 aromatic heterocycles. The lowest BCUT2D eigenvalue weighted by atomic mass is 10.1. The summed E-state index contributed by atoms with van der Waals surface area (Å²) in [5.74, 6) is 0.920. The summed E-state index contributed by atoms with van der Waals surface area (Å²) in [7, 11) is 0. The van der Waals surface area contributed by atoms with Crippen molar-refractivity contribution in [2.45, 2.75) is 26.4 Å². The molecular formula is C16H20BrNO. The van der Waals surface area contributed by atoms with Crippen molar-refractivity contribution in [1.29, 1.82) is 0 Å². The molecule has 2 aromatic carbocycles. The summed E-state index contributed by atoms with van der Waals surface area (Å²) < 4.78 is 7.14. The Morgan fingerprint density at radius 2 is 1.95 bits per heavy atom. The van der Waals surface area contributed by atoms with Gasteiger partial charge in [0, 0.05) is 6.54 Å². The minimum atomic E-state index is 0.206. The Labute approximate surface area is 123 Å². The molecule has 19 heavy (non-hydrogen) atoms. The first-order valence-corrected chi connectivity index (χ1v) is 7.60. The van der Waals surface area contributed by atoms with Gasteiger partial charge in [0.05, 0.1) is 4.47 Å². The number of ether oxygens (including phenoxy) is 1. The van der Waals surface area contributed by atoms with Gasteiger partial charge >= 0.3 is 0 Å². The van der Waals surface area contributed by atoms with Crippen molar-refractivity contribution in [3.63, 3.8) is 0 Å². The molecule has 0 bridgehead atoms. The van der Waals surface area contributed by atoms with E-state index in [1.54, 1.807) is 0 Å². The first-order valence-electron chi connectivity index (χ1n) is 6.80. The van der Waals surface area contributed by atoms with Crippen molar-refractivity contribution in [3.05, 3.63) is 40.9 Å². The van der Waals surface area contributed by atoms with Gasteiger partial charge in [-0.1, -0.05) is 44.2 Å². The predicted molar refractivity (Wildman–Crippen MR) is 84.9 cm³/mol. The molecule has 0 saturated heterocycles. The van der Waals surface area contributed by atoms with Crippen LogP contribution in [0.2, 0.25) is 0 Å². The van der Waals surface area contributed by atoms with Crippen LogP contribution in [0.5, 0.6) is 5.75 Å². The SMILES string of the molecule is CCNCC(CC)Oc1ccc2ccccc2c1Br. The maximum Gasteiger partial charge on any atom is 0.134 e. The number of hydrogen-bond acceptors (Lipinski definition) is 2. The van der Waals surface area contributed by atoms with E-state index in [1.165, 1.54) is 10.8 Å². The van der Waals surface area contributed by atoms with E-state index in [1.807, 2.05) is 12.1 Å². The number of likely N-dealkylation sites (N-methyl/N-ethyl adjacent to an activating group) is 1. The van der Waals surface area contributed by atoms with E-state index in [-0.39, 0.29) is 6.10 Å². The molecule has 3 heteroatoms. The Balaban J connectivity index is 2.22. The molecule has 0 aliphatic heterocycles. The van der Waals surface area contributed by atoms with Crippen LogP contribution in [0, 0.1) is 0 Å². The summed E-state index contributed by atoms with van der Waals surface area (Å²) in [6, 6.07) is 12.5. The quantitative estimate of drug-likeness (QED) is 0.853. The van der Waals surface area contributed by atoms with Gasteiger partial charge in [-0.25, -0.2) is 0 Å². The molecule has 1 unspecified atom stereocenters. The maximum absolute atomic E-state index is 6.10. The largest absolute Gasteiger partial charge is 0.488 e. The van der Waals surface area contributed by atoms with Gasteiger partial charge in [0.25, 0.3) is 0 Å². The van der Waals surface area contributed by atoms with E-state index in [0.29, 0.717) is 0 Å². The molecule has 0 radical (unpaired) electrons. The molecule has 0 spiro atoms. The first-order chi connectivity index (χ1) is 9.26. The number of benzene rings is 2. The number of hydrogen-bond donors (Lipinski definition) is 1. The molecule has 1 atom stereocenters. The number of fused-ring (bicyclic) bond motifs is 1. The molecule has 0 aliphatic carbocycles. The highest BCUT2D eigenvalue weighted by Crippen LogP contribution is 2.33. The van der Waals surface area contributed by atoms with Crippen LogP contribution in [-0.4, -0.2) is 19.2 Å². The van der Waals surface area contributed by atoms with Gasteiger partial charge in [-0.2, -0.15) is 0 Å². The highest BCUT2D eigenvalue weighted by molar-refractivity contribution is 9.10. The van der Waals surface area contributed by atoms with E-state index >= 15 is 0 Å². The third kappa shape index (κ3) is 3.48. The van der Waals surface area contributed by atoms with Crippen LogP contribution in [0.3, 0.4) is 0 Å². The summed E-state index contributed by atoms with van der Waals surface area (Å²) in [5.41, 5.74) is 0. The van der Waals surface area contributed by atoms with E-state index in [9.17, 15) is 0 Å². The lowest BCUT2D eigenvalue weighted by Crippen LogP contribution is -2.30. The van der Waals surface area contributed by atoms with Gasteiger partial charge in [-0.05, 0) is 45.7 Å². The second kappa shape index (κ2) is 6.92. The van der Waals surface area contributed by atoms with Gasteiger partial charge < -0.3 is 10.1 Å². The first kappa shape index (κ1) is 14.4. The summed E-state index contributed by atoms with van der Waals surface area (Å²) in [6.07, 6.45) is 1.20. The maximum atomic E-state index is 6.10. The molecule has 2 nitrogen and oxygen atoms in total. The monoisotopic (exact) mass is 321 g/mol. The van der Waals surface area contributed by atoms with Gasteiger partial charge in [-0.15, -0.1) is 0 Å². The second-order valence-electron chi connectivity index (χ2n) is 4.55. The zero-order valence-corrected chi connectivity index (χ0v) is 13.0. The molecule has 0 amide bonds. The number of nitrogens with one attached hydrogen (secondary N) is 1. The summed E-state index contributed by atoms with van der Waals surface area (Å²) in [5, 5.41) is 5.75. The predicted octanol–water partition coefficient (Wildman–Crippen LogP) is 4.37. The fraction of sp³-hybridized carbons (Fsp3) is 0.375. The number of rotatable bonds is 6. The lowest BCUT2D eigenvalue weighted by Gasteiger charge is -2.19. The van der Waals surface area contributed by atoms with Crippen LogP contribution in [0.4, 0.5) is 0 Å².